The summed E-state index contributed by atoms with van der Waals surface area (Å²) in [6.45, 7) is 3.32. The summed E-state index contributed by atoms with van der Waals surface area (Å²) >= 11 is 0. The highest BCUT2D eigenvalue weighted by Gasteiger charge is 2.35. The molecule has 1 heterocycles. The fourth-order valence-electron chi connectivity index (χ4n) is 2.12. The highest BCUT2D eigenvalue weighted by molar-refractivity contribution is 6.21. The number of esters is 1. The van der Waals surface area contributed by atoms with Crippen LogP contribution < -0.4 is 0 Å². The molecule has 1 aliphatic heterocycles. The molecule has 1 aromatic rings. The van der Waals surface area contributed by atoms with Gasteiger partial charge in [0.15, 0.2) is 6.10 Å². The second kappa shape index (κ2) is 6.05. The minimum Gasteiger partial charge on any atom is -0.461 e. The van der Waals surface area contributed by atoms with Gasteiger partial charge in [-0.25, -0.2) is 4.79 Å². The summed E-state index contributed by atoms with van der Waals surface area (Å²) in [5.74, 6) is -1.55. The Morgan fingerprint density at radius 1 is 1.19 bits per heavy atom. The lowest BCUT2D eigenvalue weighted by atomic mass is 10.1. The van der Waals surface area contributed by atoms with E-state index >= 15 is 0 Å². The number of carbonyl (C=O) groups is 3. The Morgan fingerprint density at radius 2 is 1.71 bits per heavy atom. The molecule has 0 radical (unpaired) electrons. The molecular formula is C15H17NO5. The molecule has 112 valence electrons. The minimum atomic E-state index is -1.35. The zero-order chi connectivity index (χ0) is 15.6. The number of nitrogens with zero attached hydrogens (tertiary/aromatic N) is 1. The van der Waals surface area contributed by atoms with Crippen molar-refractivity contribution in [1.82, 2.24) is 4.90 Å². The number of carbonyl (C=O) groups excluding carboxylic acids is 3. The van der Waals surface area contributed by atoms with Gasteiger partial charge < -0.3 is 9.84 Å². The summed E-state index contributed by atoms with van der Waals surface area (Å²) < 4.78 is 4.87. The van der Waals surface area contributed by atoms with E-state index in [9.17, 15) is 19.5 Å². The zero-order valence-electron chi connectivity index (χ0n) is 11.9. The first-order valence-electron chi connectivity index (χ1n) is 6.75. The molecule has 2 amide bonds. The van der Waals surface area contributed by atoms with Crippen LogP contribution in [0.25, 0.3) is 0 Å². The SMILES string of the molecule is CC(C)OC(=O)[C@H](O)CCN1C(=O)c2ccccc2C1=O. The zero-order valence-corrected chi connectivity index (χ0v) is 11.9. The van der Waals surface area contributed by atoms with Crippen molar-refractivity contribution >= 4 is 17.8 Å². The molecule has 0 saturated heterocycles. The third-order valence-electron chi connectivity index (χ3n) is 3.13. The third kappa shape index (κ3) is 3.11. The first-order valence-corrected chi connectivity index (χ1v) is 6.75. The number of hydrogen-bond donors (Lipinski definition) is 1. The third-order valence-corrected chi connectivity index (χ3v) is 3.13. The average Bonchev–Trinajstić information content (AvgIpc) is 2.68. The van der Waals surface area contributed by atoms with Crippen LogP contribution in [0.1, 0.15) is 41.0 Å². The second-order valence-electron chi connectivity index (χ2n) is 5.10. The monoisotopic (exact) mass is 291 g/mol. The van der Waals surface area contributed by atoms with Crippen molar-refractivity contribution < 1.29 is 24.2 Å². The number of amides is 2. The van der Waals surface area contributed by atoms with Crippen molar-refractivity contribution in [2.75, 3.05) is 6.54 Å². The average molecular weight is 291 g/mol. The molecule has 6 heteroatoms. The Labute approximate surface area is 122 Å². The van der Waals surface area contributed by atoms with E-state index < -0.39 is 23.9 Å². The Bertz CT molecular complexity index is 546. The highest BCUT2D eigenvalue weighted by atomic mass is 16.6. The lowest BCUT2D eigenvalue weighted by molar-refractivity contribution is -0.157. The largest absolute Gasteiger partial charge is 0.461 e. The van der Waals surface area contributed by atoms with E-state index in [1.54, 1.807) is 38.1 Å². The molecule has 1 atom stereocenters. The van der Waals surface area contributed by atoms with Gasteiger partial charge in [-0.3, -0.25) is 14.5 Å². The molecule has 0 spiro atoms. The van der Waals surface area contributed by atoms with Gasteiger partial charge in [0.2, 0.25) is 0 Å². The lowest BCUT2D eigenvalue weighted by Gasteiger charge is -2.17. The van der Waals surface area contributed by atoms with E-state index in [0.717, 1.165) is 4.90 Å². The summed E-state index contributed by atoms with van der Waals surface area (Å²) in [6.07, 6.45) is -1.72. The Balaban J connectivity index is 1.98. The summed E-state index contributed by atoms with van der Waals surface area (Å²) in [4.78, 5) is 36.7. The van der Waals surface area contributed by atoms with Crippen LogP contribution in [0.15, 0.2) is 24.3 Å². The molecule has 2 rings (SSSR count). The maximum Gasteiger partial charge on any atom is 0.335 e. The number of imide groups is 1. The van der Waals surface area contributed by atoms with Gasteiger partial charge in [0.1, 0.15) is 0 Å². The van der Waals surface area contributed by atoms with Gasteiger partial charge in [0.05, 0.1) is 17.2 Å². The maximum atomic E-state index is 12.1. The quantitative estimate of drug-likeness (QED) is 0.646. The van der Waals surface area contributed by atoms with Gasteiger partial charge in [0.25, 0.3) is 11.8 Å². The molecular weight excluding hydrogens is 274 g/mol. The summed E-state index contributed by atoms with van der Waals surface area (Å²) in [6, 6.07) is 6.53. The highest BCUT2D eigenvalue weighted by Crippen LogP contribution is 2.22. The van der Waals surface area contributed by atoms with Crippen LogP contribution in [-0.4, -0.2) is 46.5 Å². The van der Waals surface area contributed by atoms with Crippen LogP contribution >= 0.6 is 0 Å². The van der Waals surface area contributed by atoms with Crippen molar-refractivity contribution in [2.45, 2.75) is 32.5 Å². The predicted molar refractivity (Wildman–Crippen MR) is 73.7 cm³/mol. The lowest BCUT2D eigenvalue weighted by Crippen LogP contribution is -2.35. The number of aliphatic hydroxyl groups is 1. The normalized spacial score (nSPS) is 15.3. The summed E-state index contributed by atoms with van der Waals surface area (Å²) in [5, 5.41) is 9.69. The van der Waals surface area contributed by atoms with Gasteiger partial charge in [-0.2, -0.15) is 0 Å². The van der Waals surface area contributed by atoms with Crippen LogP contribution in [0.5, 0.6) is 0 Å². The topological polar surface area (TPSA) is 83.9 Å². The van der Waals surface area contributed by atoms with Crippen LogP contribution in [0.4, 0.5) is 0 Å². The van der Waals surface area contributed by atoms with E-state index in [1.807, 2.05) is 0 Å². The van der Waals surface area contributed by atoms with Crippen LogP contribution in [0.3, 0.4) is 0 Å². The minimum absolute atomic E-state index is 0.0271. The number of ether oxygens (including phenoxy) is 1. The second-order valence-corrected chi connectivity index (χ2v) is 5.10. The Kier molecular flexibility index (Phi) is 4.37. The molecule has 0 saturated carbocycles. The van der Waals surface area contributed by atoms with E-state index in [1.165, 1.54) is 0 Å². The van der Waals surface area contributed by atoms with Gasteiger partial charge in [-0.05, 0) is 26.0 Å². The maximum absolute atomic E-state index is 12.1. The number of hydrogen-bond acceptors (Lipinski definition) is 5. The molecule has 1 aromatic carbocycles. The van der Waals surface area contributed by atoms with Gasteiger partial charge in [0, 0.05) is 13.0 Å². The number of fused-ring (bicyclic) bond motifs is 1. The van der Waals surface area contributed by atoms with Crippen molar-refractivity contribution in [2.24, 2.45) is 0 Å². The Hall–Kier alpha value is -2.21. The molecule has 0 aliphatic carbocycles. The first-order chi connectivity index (χ1) is 9.91. The van der Waals surface area contributed by atoms with Gasteiger partial charge in [-0.15, -0.1) is 0 Å². The number of benzene rings is 1. The molecule has 0 aromatic heterocycles. The van der Waals surface area contributed by atoms with Crippen LogP contribution in [-0.2, 0) is 9.53 Å². The first kappa shape index (κ1) is 15.2. The molecule has 0 fully saturated rings. The van der Waals surface area contributed by atoms with E-state index in [0.29, 0.717) is 11.1 Å². The standard InChI is InChI=1S/C15H17NO5/c1-9(2)21-15(20)12(17)7-8-16-13(18)10-5-3-4-6-11(10)14(16)19/h3-6,9,12,17H,7-8H2,1-2H3/t12-/m1/s1. The predicted octanol–water partition coefficient (Wildman–Crippen LogP) is 0.985. The van der Waals surface area contributed by atoms with E-state index in [2.05, 4.69) is 0 Å². The molecule has 1 aliphatic rings. The van der Waals surface area contributed by atoms with Crippen molar-refractivity contribution in [3.05, 3.63) is 35.4 Å². The van der Waals surface area contributed by atoms with Crippen LogP contribution in [0.2, 0.25) is 0 Å². The summed E-state index contributed by atoms with van der Waals surface area (Å²) in [5.41, 5.74) is 0.698. The van der Waals surface area contributed by atoms with E-state index in [4.69, 9.17) is 4.74 Å². The molecule has 6 nitrogen and oxygen atoms in total. The number of aliphatic hydroxyl groups excluding tert-OH is 1. The van der Waals surface area contributed by atoms with E-state index in [-0.39, 0.29) is 19.1 Å². The summed E-state index contributed by atoms with van der Waals surface area (Å²) in [7, 11) is 0. The fourth-order valence-corrected chi connectivity index (χ4v) is 2.12. The van der Waals surface area contributed by atoms with Crippen molar-refractivity contribution in [3.8, 4) is 0 Å². The van der Waals surface area contributed by atoms with Gasteiger partial charge >= 0.3 is 5.97 Å². The van der Waals surface area contributed by atoms with Crippen molar-refractivity contribution in [1.29, 1.82) is 0 Å². The molecule has 21 heavy (non-hydrogen) atoms. The smallest absolute Gasteiger partial charge is 0.335 e. The molecule has 0 bridgehead atoms. The van der Waals surface area contributed by atoms with Gasteiger partial charge in [-0.1, -0.05) is 12.1 Å². The van der Waals surface area contributed by atoms with Crippen LogP contribution in [0, 0.1) is 0 Å². The molecule has 0 unspecified atom stereocenters. The Morgan fingerprint density at radius 3 is 2.19 bits per heavy atom. The molecule has 1 N–H and O–H groups in total. The fraction of sp³-hybridized carbons (Fsp3) is 0.400. The number of rotatable bonds is 5. The van der Waals surface area contributed by atoms with Crippen molar-refractivity contribution in [3.63, 3.8) is 0 Å².